The molecule has 2 aliphatic rings. The number of fused-ring (bicyclic) bond motifs is 1. The molecule has 1 aromatic heterocycles. The molecule has 0 spiro atoms. The molecule has 7 nitrogen and oxygen atoms in total. The normalized spacial score (nSPS) is 16.2. The number of carbonyl (C=O) groups is 1. The first-order valence-corrected chi connectivity index (χ1v) is 11.7. The molecule has 174 valence electrons. The van der Waals surface area contributed by atoms with Crippen LogP contribution in [0.5, 0.6) is 11.5 Å². The van der Waals surface area contributed by atoms with E-state index in [1.165, 1.54) is 0 Å². The van der Waals surface area contributed by atoms with E-state index in [9.17, 15) is 4.79 Å². The summed E-state index contributed by atoms with van der Waals surface area (Å²) in [6.45, 7) is 2.64. The van der Waals surface area contributed by atoms with E-state index in [1.807, 2.05) is 77.7 Å². The van der Waals surface area contributed by atoms with Gasteiger partial charge in [-0.1, -0.05) is 60.7 Å². The zero-order valence-corrected chi connectivity index (χ0v) is 19.1. The van der Waals surface area contributed by atoms with Crippen molar-refractivity contribution in [2.24, 2.45) is 0 Å². The third-order valence-corrected chi connectivity index (χ3v) is 6.45. The van der Waals surface area contributed by atoms with Crippen LogP contribution in [0.4, 0.5) is 5.82 Å². The molecular formula is C28H24N4O3. The molecule has 1 amide bonds. The lowest BCUT2D eigenvalue weighted by atomic mass is 9.97. The average molecular weight is 465 g/mol. The number of ether oxygens (including phenoxy) is 2. The predicted octanol–water partition coefficient (Wildman–Crippen LogP) is 4.11. The number of hydrogen-bond acceptors (Lipinski definition) is 6. The molecule has 3 heterocycles. The van der Waals surface area contributed by atoms with E-state index in [4.69, 9.17) is 9.47 Å². The second kappa shape index (κ2) is 8.76. The quantitative estimate of drug-likeness (QED) is 0.453. The molecule has 0 unspecified atom stereocenters. The minimum atomic E-state index is -1.10. The molecule has 7 heteroatoms. The van der Waals surface area contributed by atoms with Crippen molar-refractivity contribution in [2.75, 3.05) is 31.1 Å². The van der Waals surface area contributed by atoms with Crippen molar-refractivity contribution in [1.29, 1.82) is 0 Å². The van der Waals surface area contributed by atoms with Gasteiger partial charge in [-0.3, -0.25) is 9.78 Å². The summed E-state index contributed by atoms with van der Waals surface area (Å²) in [6.07, 6.45) is 5.10. The molecule has 0 N–H and O–H groups in total. The smallest absolute Gasteiger partial charge is 0.305 e. The number of rotatable bonds is 4. The lowest BCUT2D eigenvalue weighted by molar-refractivity contribution is -0.0459. The van der Waals surface area contributed by atoms with Crippen LogP contribution in [-0.4, -0.2) is 47.0 Å². The van der Waals surface area contributed by atoms with E-state index < -0.39 is 5.79 Å². The van der Waals surface area contributed by atoms with E-state index >= 15 is 0 Å². The fourth-order valence-electron chi connectivity index (χ4n) is 4.63. The van der Waals surface area contributed by atoms with Gasteiger partial charge in [0.1, 0.15) is 5.82 Å². The van der Waals surface area contributed by atoms with Crippen molar-refractivity contribution in [3.63, 3.8) is 0 Å². The van der Waals surface area contributed by atoms with Gasteiger partial charge in [0.05, 0.1) is 6.20 Å². The maximum absolute atomic E-state index is 13.3. The maximum Gasteiger partial charge on any atom is 0.305 e. The average Bonchev–Trinajstić information content (AvgIpc) is 3.34. The highest BCUT2D eigenvalue weighted by Crippen LogP contribution is 2.48. The van der Waals surface area contributed by atoms with Crippen LogP contribution in [0.3, 0.4) is 0 Å². The number of amides is 1. The van der Waals surface area contributed by atoms with Gasteiger partial charge in [-0.2, -0.15) is 0 Å². The zero-order chi connectivity index (χ0) is 23.7. The number of carbonyl (C=O) groups excluding carboxylic acids is 1. The summed E-state index contributed by atoms with van der Waals surface area (Å²) in [4.78, 5) is 25.8. The molecule has 35 heavy (non-hydrogen) atoms. The van der Waals surface area contributed by atoms with E-state index in [2.05, 4.69) is 14.9 Å². The minimum Gasteiger partial charge on any atom is -0.440 e. The largest absolute Gasteiger partial charge is 0.440 e. The van der Waals surface area contributed by atoms with Crippen LogP contribution in [0.2, 0.25) is 0 Å². The van der Waals surface area contributed by atoms with Gasteiger partial charge in [0.2, 0.25) is 0 Å². The fraction of sp³-hybridized carbons (Fsp3) is 0.179. The Bertz CT molecular complexity index is 1280. The van der Waals surface area contributed by atoms with E-state index in [-0.39, 0.29) is 5.91 Å². The van der Waals surface area contributed by atoms with Crippen molar-refractivity contribution >= 4 is 11.7 Å². The number of anilines is 1. The van der Waals surface area contributed by atoms with Gasteiger partial charge in [0, 0.05) is 55.3 Å². The van der Waals surface area contributed by atoms with Gasteiger partial charge in [-0.15, -0.1) is 0 Å². The number of piperazine rings is 1. The summed E-state index contributed by atoms with van der Waals surface area (Å²) in [7, 11) is 0. The standard InChI is InChI=1S/C28H24N4O3/c33-27(32-17-15-31(16-18-32)26-20-29-13-14-30-26)21-11-12-24-25(19-21)35-28(34-24,22-7-3-1-4-8-22)23-9-5-2-6-10-23/h1-14,19-20H,15-18H2. The van der Waals surface area contributed by atoms with Crippen LogP contribution in [0.1, 0.15) is 21.5 Å². The van der Waals surface area contributed by atoms with Crippen LogP contribution in [0.25, 0.3) is 0 Å². The Morgan fingerprint density at radius 3 is 2.06 bits per heavy atom. The molecule has 1 fully saturated rings. The van der Waals surface area contributed by atoms with Crippen molar-refractivity contribution in [2.45, 2.75) is 5.79 Å². The second-order valence-corrected chi connectivity index (χ2v) is 8.56. The van der Waals surface area contributed by atoms with Gasteiger partial charge in [-0.25, -0.2) is 4.98 Å². The Labute approximate surface area is 203 Å². The van der Waals surface area contributed by atoms with Crippen LogP contribution < -0.4 is 14.4 Å². The first-order chi connectivity index (χ1) is 17.2. The Morgan fingerprint density at radius 1 is 0.771 bits per heavy atom. The number of aromatic nitrogens is 2. The van der Waals surface area contributed by atoms with Crippen molar-refractivity contribution < 1.29 is 14.3 Å². The summed E-state index contributed by atoms with van der Waals surface area (Å²) in [5, 5.41) is 0. The number of nitrogens with zero attached hydrogens (tertiary/aromatic N) is 4. The van der Waals surface area contributed by atoms with Gasteiger partial charge in [0.15, 0.2) is 11.5 Å². The van der Waals surface area contributed by atoms with Crippen molar-refractivity contribution in [3.8, 4) is 11.5 Å². The highest BCUT2D eigenvalue weighted by atomic mass is 16.7. The Kier molecular flexibility index (Phi) is 5.29. The highest BCUT2D eigenvalue weighted by Gasteiger charge is 2.45. The first-order valence-electron chi connectivity index (χ1n) is 11.7. The van der Waals surface area contributed by atoms with Gasteiger partial charge in [-0.05, 0) is 18.2 Å². The lowest BCUT2D eigenvalue weighted by Gasteiger charge is -2.35. The Morgan fingerprint density at radius 2 is 1.43 bits per heavy atom. The number of hydrogen-bond donors (Lipinski definition) is 0. The highest BCUT2D eigenvalue weighted by molar-refractivity contribution is 5.95. The van der Waals surface area contributed by atoms with Crippen LogP contribution >= 0.6 is 0 Å². The Balaban J connectivity index is 1.24. The van der Waals surface area contributed by atoms with Crippen molar-refractivity contribution in [3.05, 3.63) is 114 Å². The van der Waals surface area contributed by atoms with Gasteiger partial charge >= 0.3 is 5.79 Å². The monoisotopic (exact) mass is 464 g/mol. The SMILES string of the molecule is O=C(c1ccc2c(c1)OC(c1ccccc1)(c1ccccc1)O2)N1CCN(c2cnccn2)CC1. The summed E-state index contributed by atoms with van der Waals surface area (Å²) < 4.78 is 12.9. The van der Waals surface area contributed by atoms with Crippen LogP contribution in [0.15, 0.2) is 97.5 Å². The van der Waals surface area contributed by atoms with Gasteiger partial charge in [0.25, 0.3) is 5.91 Å². The molecule has 0 aliphatic carbocycles. The molecular weight excluding hydrogens is 440 g/mol. The molecule has 0 saturated carbocycles. The molecule has 0 bridgehead atoms. The topological polar surface area (TPSA) is 67.8 Å². The van der Waals surface area contributed by atoms with E-state index in [0.29, 0.717) is 43.2 Å². The van der Waals surface area contributed by atoms with Crippen LogP contribution in [0, 0.1) is 0 Å². The summed E-state index contributed by atoms with van der Waals surface area (Å²) in [5.41, 5.74) is 2.35. The number of benzene rings is 3. The van der Waals surface area contributed by atoms with E-state index in [1.54, 1.807) is 24.7 Å². The fourth-order valence-corrected chi connectivity index (χ4v) is 4.63. The zero-order valence-electron chi connectivity index (χ0n) is 19.1. The minimum absolute atomic E-state index is 0.0212. The maximum atomic E-state index is 13.3. The summed E-state index contributed by atoms with van der Waals surface area (Å²) in [6, 6.07) is 25.2. The molecule has 4 aromatic rings. The molecule has 0 atom stereocenters. The predicted molar refractivity (Wildman–Crippen MR) is 132 cm³/mol. The lowest BCUT2D eigenvalue weighted by Crippen LogP contribution is -2.49. The van der Waals surface area contributed by atoms with E-state index in [0.717, 1.165) is 16.9 Å². The summed E-state index contributed by atoms with van der Waals surface area (Å²) >= 11 is 0. The summed E-state index contributed by atoms with van der Waals surface area (Å²) in [5.74, 6) is 0.881. The van der Waals surface area contributed by atoms with Crippen LogP contribution in [-0.2, 0) is 5.79 Å². The second-order valence-electron chi connectivity index (χ2n) is 8.56. The molecule has 6 rings (SSSR count). The third-order valence-electron chi connectivity index (χ3n) is 6.45. The Hall–Kier alpha value is -4.39. The van der Waals surface area contributed by atoms with Crippen molar-refractivity contribution in [1.82, 2.24) is 14.9 Å². The molecule has 0 radical (unpaired) electrons. The molecule has 1 saturated heterocycles. The molecule has 2 aliphatic heterocycles. The third kappa shape index (κ3) is 3.85. The first kappa shape index (κ1) is 21.2. The molecule has 3 aromatic carbocycles. The van der Waals surface area contributed by atoms with Gasteiger partial charge < -0.3 is 19.3 Å².